The molecule has 0 saturated carbocycles. The van der Waals surface area contributed by atoms with Crippen molar-refractivity contribution in [2.45, 2.75) is 110 Å². The molecule has 1 saturated heterocycles. The fourth-order valence-electron chi connectivity index (χ4n) is 7.34. The van der Waals surface area contributed by atoms with Crippen LogP contribution in [0, 0.1) is 23.7 Å². The number of phenols is 1. The average molecular weight is 787 g/mol. The summed E-state index contributed by atoms with van der Waals surface area (Å²) in [6.07, 6.45) is 4.77. The highest BCUT2D eigenvalue weighted by molar-refractivity contribution is 5.95. The monoisotopic (exact) mass is 786 g/mol. The first kappa shape index (κ1) is 44.3. The molecule has 7 unspecified atom stereocenters. The molecule has 7 atom stereocenters. The molecule has 1 fully saturated rings. The minimum atomic E-state index is -1.16. The van der Waals surface area contributed by atoms with Gasteiger partial charge in [0.1, 0.15) is 11.8 Å². The van der Waals surface area contributed by atoms with Gasteiger partial charge in [0.25, 0.3) is 0 Å². The van der Waals surface area contributed by atoms with Gasteiger partial charge in [-0.1, -0.05) is 76.6 Å². The number of imidazole rings is 1. The van der Waals surface area contributed by atoms with E-state index in [1.165, 1.54) is 18.5 Å². The zero-order valence-electron chi connectivity index (χ0n) is 33.4. The van der Waals surface area contributed by atoms with Gasteiger partial charge in [-0.2, -0.15) is 0 Å². The number of aromatic nitrogens is 2. The number of nitrogens with one attached hydrogen (secondary N) is 3. The molecule has 2 heterocycles. The summed E-state index contributed by atoms with van der Waals surface area (Å²) in [6, 6.07) is 12.0. The van der Waals surface area contributed by atoms with Gasteiger partial charge in [-0.05, 0) is 54.4 Å². The molecule has 7 N–H and O–H groups in total. The molecule has 4 rings (SSSR count). The summed E-state index contributed by atoms with van der Waals surface area (Å²) in [5.41, 5.74) is 8.29. The van der Waals surface area contributed by atoms with Gasteiger partial charge in [-0.3, -0.25) is 24.0 Å². The molecule has 1 aliphatic rings. The summed E-state index contributed by atoms with van der Waals surface area (Å²) in [5.74, 6) is -5.16. The number of nitrogens with two attached hydrogens (primary N) is 1. The molecule has 0 bridgehead atoms. The van der Waals surface area contributed by atoms with E-state index in [1.54, 1.807) is 47.5 Å². The van der Waals surface area contributed by atoms with E-state index >= 15 is 0 Å². The third-order valence-electron chi connectivity index (χ3n) is 11.0. The highest BCUT2D eigenvalue weighted by Crippen LogP contribution is 2.27. The van der Waals surface area contributed by atoms with Crippen LogP contribution < -0.4 is 16.4 Å². The van der Waals surface area contributed by atoms with E-state index in [-0.39, 0.29) is 73.6 Å². The Balaban J connectivity index is 1.51. The Kier molecular flexibility index (Phi) is 16.5. The lowest BCUT2D eigenvalue weighted by atomic mass is 9.85. The van der Waals surface area contributed by atoms with Crippen LogP contribution in [0.1, 0.15) is 83.0 Å². The number of likely N-dealkylation sites (tertiary alicyclic amines) is 1. The minimum Gasteiger partial charge on any atom is -0.508 e. The van der Waals surface area contributed by atoms with E-state index in [9.17, 15) is 39.0 Å². The first-order valence-corrected chi connectivity index (χ1v) is 19.9. The molecule has 0 spiro atoms. The predicted molar refractivity (Wildman–Crippen MR) is 214 cm³/mol. The molecule has 1 aromatic heterocycles. The van der Waals surface area contributed by atoms with Crippen molar-refractivity contribution < 1.29 is 39.0 Å². The van der Waals surface area contributed by atoms with E-state index in [4.69, 9.17) is 5.73 Å². The number of carboxylic acid groups (broad SMARTS) is 1. The zero-order valence-corrected chi connectivity index (χ0v) is 33.4. The molecule has 3 aromatic rings. The lowest BCUT2D eigenvalue weighted by Crippen LogP contribution is -2.50. The molecule has 2 aromatic carbocycles. The van der Waals surface area contributed by atoms with Crippen molar-refractivity contribution in [2.24, 2.45) is 29.4 Å². The lowest BCUT2D eigenvalue weighted by molar-refractivity contribution is -0.143. The van der Waals surface area contributed by atoms with Crippen molar-refractivity contribution in [3.05, 3.63) is 83.9 Å². The van der Waals surface area contributed by atoms with Crippen molar-refractivity contribution in [3.8, 4) is 5.75 Å². The number of carbonyl (C=O) groups excluding carboxylic acids is 5. The number of ketones is 2. The number of amides is 3. The Bertz CT molecular complexity index is 1800. The molecule has 3 amide bonds. The molecule has 1 aliphatic heterocycles. The third kappa shape index (κ3) is 13.1. The third-order valence-corrected chi connectivity index (χ3v) is 11.0. The Labute approximate surface area is 334 Å². The van der Waals surface area contributed by atoms with E-state index < -0.39 is 53.8 Å². The van der Waals surface area contributed by atoms with Gasteiger partial charge in [0.15, 0.2) is 11.6 Å². The van der Waals surface area contributed by atoms with Crippen molar-refractivity contribution in [2.75, 3.05) is 6.54 Å². The standard InChI is InChI=1S/C43H58N6O8/c1-5-27(4)40(48-41(54)30(21-36(51)39(44)26(2)3)18-29-13-15-34(50)16-14-29)37(52)22-31(20-32-24-45-25-46-32)42(55)49-17-9-12-33(49)23-38(53)47-35(43(56)57)19-28-10-7-6-8-11-28/h6-8,10-11,13-16,24-27,30-31,33,35,39-40,50H,5,9,12,17-23,44H2,1-4H3,(H,45,46)(H,47,53)(H,48,54)(H,56,57). The minimum absolute atomic E-state index is 0.0634. The molecule has 14 nitrogen and oxygen atoms in total. The number of carbonyl (C=O) groups is 6. The highest BCUT2D eigenvalue weighted by atomic mass is 16.4. The van der Waals surface area contributed by atoms with Crippen LogP contribution in [-0.2, 0) is 48.0 Å². The summed E-state index contributed by atoms with van der Waals surface area (Å²) in [4.78, 5) is 90.0. The van der Waals surface area contributed by atoms with Crippen molar-refractivity contribution in [3.63, 3.8) is 0 Å². The summed E-state index contributed by atoms with van der Waals surface area (Å²) in [7, 11) is 0. The Morgan fingerprint density at radius 1 is 0.895 bits per heavy atom. The van der Waals surface area contributed by atoms with Crippen LogP contribution in [0.5, 0.6) is 5.75 Å². The van der Waals surface area contributed by atoms with Crippen LogP contribution in [0.25, 0.3) is 0 Å². The maximum absolute atomic E-state index is 14.4. The number of aromatic amines is 1. The van der Waals surface area contributed by atoms with Gasteiger partial charge >= 0.3 is 5.97 Å². The van der Waals surface area contributed by atoms with Crippen LogP contribution in [0.4, 0.5) is 0 Å². The van der Waals surface area contributed by atoms with Crippen molar-refractivity contribution >= 4 is 35.3 Å². The Morgan fingerprint density at radius 2 is 1.56 bits per heavy atom. The summed E-state index contributed by atoms with van der Waals surface area (Å²) in [5, 5.41) is 25.2. The van der Waals surface area contributed by atoms with Crippen molar-refractivity contribution in [1.29, 1.82) is 0 Å². The predicted octanol–water partition coefficient (Wildman–Crippen LogP) is 3.76. The van der Waals surface area contributed by atoms with Gasteiger partial charge in [-0.15, -0.1) is 0 Å². The number of phenolic OH excluding ortho intramolecular Hbond substituents is 1. The molecule has 0 radical (unpaired) electrons. The van der Waals surface area contributed by atoms with Crippen LogP contribution in [-0.4, -0.2) is 91.1 Å². The van der Waals surface area contributed by atoms with Crippen LogP contribution >= 0.6 is 0 Å². The number of Topliss-reactive ketones (excluding diaryl/α,β-unsaturated/α-hetero) is 2. The molecule has 57 heavy (non-hydrogen) atoms. The maximum Gasteiger partial charge on any atom is 0.326 e. The molecular formula is C43H58N6O8. The number of aliphatic carboxylic acids is 1. The summed E-state index contributed by atoms with van der Waals surface area (Å²) < 4.78 is 0. The normalized spacial score (nSPS) is 17.2. The van der Waals surface area contributed by atoms with Gasteiger partial charge in [0, 0.05) is 62.5 Å². The largest absolute Gasteiger partial charge is 0.508 e. The maximum atomic E-state index is 14.4. The fraction of sp³-hybridized carbons (Fsp3) is 0.512. The SMILES string of the molecule is CCC(C)C(NC(=O)C(CC(=O)C(N)C(C)C)Cc1ccc(O)cc1)C(=O)CC(Cc1cnc[nH]1)C(=O)N1CCCC1CC(=O)NC(Cc1ccccc1)C(=O)O. The molecular weight excluding hydrogens is 729 g/mol. The van der Waals surface area contributed by atoms with Gasteiger partial charge in [0.05, 0.1) is 24.3 Å². The first-order valence-electron chi connectivity index (χ1n) is 19.9. The van der Waals surface area contributed by atoms with E-state index in [2.05, 4.69) is 20.6 Å². The van der Waals surface area contributed by atoms with E-state index in [0.717, 1.165) is 11.1 Å². The fourth-order valence-corrected chi connectivity index (χ4v) is 7.34. The number of carboxylic acids is 1. The van der Waals surface area contributed by atoms with Gasteiger partial charge < -0.3 is 36.5 Å². The topological polar surface area (TPSA) is 225 Å². The number of benzene rings is 2. The number of aromatic hydroxyl groups is 1. The number of hydrogen-bond donors (Lipinski definition) is 6. The molecule has 0 aliphatic carbocycles. The summed E-state index contributed by atoms with van der Waals surface area (Å²) in [6.45, 7) is 7.78. The first-order chi connectivity index (χ1) is 27.2. The van der Waals surface area contributed by atoms with E-state index in [1.807, 2.05) is 33.8 Å². The van der Waals surface area contributed by atoms with Crippen LogP contribution in [0.2, 0.25) is 0 Å². The number of nitrogens with zero attached hydrogens (tertiary/aromatic N) is 2. The average Bonchev–Trinajstić information content (AvgIpc) is 3.88. The van der Waals surface area contributed by atoms with Gasteiger partial charge in [0.2, 0.25) is 17.7 Å². The van der Waals surface area contributed by atoms with Gasteiger partial charge in [-0.25, -0.2) is 9.78 Å². The number of H-pyrrole nitrogens is 1. The zero-order chi connectivity index (χ0) is 41.6. The smallest absolute Gasteiger partial charge is 0.326 e. The Morgan fingerprint density at radius 3 is 2.18 bits per heavy atom. The second-order valence-electron chi connectivity index (χ2n) is 15.7. The number of hydrogen-bond acceptors (Lipinski definition) is 9. The molecule has 14 heteroatoms. The van der Waals surface area contributed by atoms with Crippen LogP contribution in [0.3, 0.4) is 0 Å². The van der Waals surface area contributed by atoms with Crippen molar-refractivity contribution in [1.82, 2.24) is 25.5 Å². The van der Waals surface area contributed by atoms with E-state index in [0.29, 0.717) is 31.5 Å². The second-order valence-corrected chi connectivity index (χ2v) is 15.7. The molecule has 308 valence electrons. The second kappa shape index (κ2) is 21.2. The Hall–Kier alpha value is -5.37. The highest BCUT2D eigenvalue weighted by Gasteiger charge is 2.38. The summed E-state index contributed by atoms with van der Waals surface area (Å²) >= 11 is 0. The lowest BCUT2D eigenvalue weighted by Gasteiger charge is -2.31. The van der Waals surface area contributed by atoms with Crippen LogP contribution in [0.15, 0.2) is 67.1 Å². The number of rotatable bonds is 22. The quantitative estimate of drug-likeness (QED) is 0.0865.